The third-order valence-electron chi connectivity index (χ3n) is 6.87. The molecule has 0 bridgehead atoms. The summed E-state index contributed by atoms with van der Waals surface area (Å²) in [4.78, 5) is 4.54. The Labute approximate surface area is 195 Å². The number of fused-ring (bicyclic) bond motifs is 7. The summed E-state index contributed by atoms with van der Waals surface area (Å²) in [7, 11) is 0. The average Bonchev–Trinajstić information content (AvgIpc) is 3.25. The van der Waals surface area contributed by atoms with E-state index in [0.717, 1.165) is 72.6 Å². The number of aromatic nitrogens is 1. The molecule has 158 valence electrons. The van der Waals surface area contributed by atoms with E-state index in [1.165, 1.54) is 0 Å². The summed E-state index contributed by atoms with van der Waals surface area (Å²) in [5, 5.41) is 2.14. The monoisotopic (exact) mass is 437 g/mol. The van der Waals surface area contributed by atoms with Gasteiger partial charge in [-0.25, -0.2) is 0 Å². The largest absolute Gasteiger partial charge is 0.458 e. The lowest BCUT2D eigenvalue weighted by Crippen LogP contribution is -2.57. The molecule has 4 aromatic carbocycles. The first-order valence-electron chi connectivity index (χ1n) is 11.3. The summed E-state index contributed by atoms with van der Waals surface area (Å²) in [6.07, 6.45) is 1.81. The summed E-state index contributed by atoms with van der Waals surface area (Å²) in [5.41, 5.74) is 6.86. The highest BCUT2D eigenvalue weighted by atomic mass is 16.5. The molecule has 0 fully saturated rings. The van der Waals surface area contributed by atoms with Crippen molar-refractivity contribution in [3.05, 3.63) is 97.2 Å². The van der Waals surface area contributed by atoms with Crippen LogP contribution in [0.1, 0.15) is 0 Å². The van der Waals surface area contributed by atoms with Crippen LogP contribution in [0.25, 0.3) is 33.2 Å². The third-order valence-corrected chi connectivity index (χ3v) is 6.87. The molecule has 2 aliphatic heterocycles. The summed E-state index contributed by atoms with van der Waals surface area (Å²) >= 11 is 0. The van der Waals surface area contributed by atoms with Gasteiger partial charge in [0, 0.05) is 34.1 Å². The number of hydrogen-bond donors (Lipinski definition) is 0. The molecule has 2 aromatic heterocycles. The van der Waals surface area contributed by atoms with Crippen molar-refractivity contribution in [1.29, 1.82) is 0 Å². The van der Waals surface area contributed by atoms with Crippen LogP contribution in [-0.2, 0) is 0 Å². The van der Waals surface area contributed by atoms with Crippen molar-refractivity contribution >= 4 is 45.0 Å². The summed E-state index contributed by atoms with van der Waals surface area (Å²) in [6, 6.07) is 30.7. The molecule has 8 rings (SSSR count). The first-order chi connectivity index (χ1) is 16.8. The second-order valence-electron chi connectivity index (χ2n) is 8.73. The maximum absolute atomic E-state index is 6.42. The standard InChI is InChI=1S/C29H16BNO3/c1-2-11-23-20(9-1)30-21-15-19-17-7-5-8-18(22-10-3-4-14-31-22)29(17)34-26(19)16-27(21)33-25-13-6-12-24(32-23)28(25)30/h1-16H. The molecule has 0 spiro atoms. The van der Waals surface area contributed by atoms with Gasteiger partial charge < -0.3 is 13.9 Å². The molecule has 0 unspecified atom stereocenters. The molecular formula is C29H16BNO3. The number of para-hydroxylation sites is 2. The molecule has 5 heteroatoms. The molecule has 0 amide bonds. The van der Waals surface area contributed by atoms with E-state index in [0.29, 0.717) is 0 Å². The Morgan fingerprint density at radius 1 is 0.618 bits per heavy atom. The SMILES string of the molecule is c1ccc(-c2cccc3c2oc2cc4c(cc23)B2c3ccccc3Oc3cccc(c32)O4)nc1. The van der Waals surface area contributed by atoms with Gasteiger partial charge in [0.15, 0.2) is 0 Å². The first-order valence-corrected chi connectivity index (χ1v) is 11.3. The number of benzene rings is 4. The van der Waals surface area contributed by atoms with Crippen LogP contribution in [-0.4, -0.2) is 11.7 Å². The second-order valence-corrected chi connectivity index (χ2v) is 8.73. The van der Waals surface area contributed by atoms with Crippen LogP contribution >= 0.6 is 0 Å². The lowest BCUT2D eigenvalue weighted by Gasteiger charge is -2.32. The zero-order valence-electron chi connectivity index (χ0n) is 18.0. The van der Waals surface area contributed by atoms with E-state index in [9.17, 15) is 0 Å². The van der Waals surface area contributed by atoms with E-state index in [-0.39, 0.29) is 6.71 Å². The van der Waals surface area contributed by atoms with Crippen LogP contribution in [0.5, 0.6) is 23.0 Å². The van der Waals surface area contributed by atoms with E-state index >= 15 is 0 Å². The lowest BCUT2D eigenvalue weighted by atomic mass is 9.35. The first kappa shape index (κ1) is 18.0. The number of rotatable bonds is 1. The second kappa shape index (κ2) is 6.52. The van der Waals surface area contributed by atoms with Gasteiger partial charge in [-0.1, -0.05) is 48.5 Å². The Morgan fingerprint density at radius 3 is 2.29 bits per heavy atom. The van der Waals surface area contributed by atoms with Crippen LogP contribution < -0.4 is 25.9 Å². The molecule has 6 aromatic rings. The fourth-order valence-corrected chi connectivity index (χ4v) is 5.39. The van der Waals surface area contributed by atoms with Crippen molar-refractivity contribution in [2.75, 3.05) is 0 Å². The van der Waals surface area contributed by atoms with Gasteiger partial charge in [-0.15, -0.1) is 0 Å². The zero-order valence-corrected chi connectivity index (χ0v) is 18.0. The third kappa shape index (κ3) is 2.36. The molecule has 0 saturated heterocycles. The Kier molecular flexibility index (Phi) is 3.45. The van der Waals surface area contributed by atoms with Crippen molar-refractivity contribution in [2.45, 2.75) is 0 Å². The highest BCUT2D eigenvalue weighted by Crippen LogP contribution is 2.39. The minimum atomic E-state index is 0.0354. The maximum atomic E-state index is 6.42. The molecule has 4 heterocycles. The molecule has 0 N–H and O–H groups in total. The fourth-order valence-electron chi connectivity index (χ4n) is 5.39. The molecule has 2 aliphatic rings. The van der Waals surface area contributed by atoms with Crippen molar-refractivity contribution in [3.63, 3.8) is 0 Å². The number of ether oxygens (including phenoxy) is 2. The Balaban J connectivity index is 1.42. The molecule has 0 saturated carbocycles. The molecule has 4 nitrogen and oxygen atoms in total. The molecule has 0 aliphatic carbocycles. The van der Waals surface area contributed by atoms with Crippen LogP contribution in [0.2, 0.25) is 0 Å². The average molecular weight is 437 g/mol. The molecule has 0 atom stereocenters. The predicted octanol–water partition coefficient (Wildman–Crippen LogP) is 5.38. The van der Waals surface area contributed by atoms with Gasteiger partial charge >= 0.3 is 0 Å². The van der Waals surface area contributed by atoms with Crippen molar-refractivity contribution in [2.24, 2.45) is 0 Å². The van der Waals surface area contributed by atoms with Gasteiger partial charge in [-0.2, -0.15) is 0 Å². The Hall–Kier alpha value is -4.51. The number of furan rings is 1. The molecule has 34 heavy (non-hydrogen) atoms. The number of pyridine rings is 1. The highest BCUT2D eigenvalue weighted by molar-refractivity contribution is 6.98. The van der Waals surface area contributed by atoms with E-state index in [2.05, 4.69) is 41.4 Å². The van der Waals surface area contributed by atoms with Crippen molar-refractivity contribution in [1.82, 2.24) is 4.98 Å². The van der Waals surface area contributed by atoms with Gasteiger partial charge in [0.25, 0.3) is 6.71 Å². The number of nitrogens with zero attached hydrogens (tertiary/aromatic N) is 1. The maximum Gasteiger partial charge on any atom is 0.260 e. The van der Waals surface area contributed by atoms with Gasteiger partial charge in [0.1, 0.15) is 34.2 Å². The molecular weight excluding hydrogens is 421 g/mol. The number of hydrogen-bond acceptors (Lipinski definition) is 4. The van der Waals surface area contributed by atoms with E-state index < -0.39 is 0 Å². The fraction of sp³-hybridized carbons (Fsp3) is 0. The van der Waals surface area contributed by atoms with E-state index in [4.69, 9.17) is 13.9 Å². The van der Waals surface area contributed by atoms with Gasteiger partial charge in [-0.3, -0.25) is 4.98 Å². The van der Waals surface area contributed by atoms with Crippen LogP contribution in [0.4, 0.5) is 0 Å². The quantitative estimate of drug-likeness (QED) is 0.324. The zero-order chi connectivity index (χ0) is 22.2. The Bertz CT molecular complexity index is 1770. The topological polar surface area (TPSA) is 44.5 Å². The normalized spacial score (nSPS) is 13.1. The van der Waals surface area contributed by atoms with Gasteiger partial charge in [-0.05, 0) is 47.3 Å². The summed E-state index contributed by atoms with van der Waals surface area (Å²) < 4.78 is 19.1. The molecule has 0 radical (unpaired) electrons. The van der Waals surface area contributed by atoms with Crippen LogP contribution in [0.15, 0.2) is 102 Å². The van der Waals surface area contributed by atoms with Gasteiger partial charge in [0.05, 0.1) is 5.69 Å². The minimum Gasteiger partial charge on any atom is -0.458 e. The summed E-state index contributed by atoms with van der Waals surface area (Å²) in [5.74, 6) is 3.38. The Morgan fingerprint density at radius 2 is 1.41 bits per heavy atom. The van der Waals surface area contributed by atoms with Crippen LogP contribution in [0.3, 0.4) is 0 Å². The van der Waals surface area contributed by atoms with E-state index in [1.54, 1.807) is 6.20 Å². The van der Waals surface area contributed by atoms with Crippen LogP contribution in [0, 0.1) is 0 Å². The van der Waals surface area contributed by atoms with Gasteiger partial charge in [0.2, 0.25) is 0 Å². The summed E-state index contributed by atoms with van der Waals surface area (Å²) in [6.45, 7) is 0.0354. The highest BCUT2D eigenvalue weighted by Gasteiger charge is 2.40. The smallest absolute Gasteiger partial charge is 0.260 e. The lowest BCUT2D eigenvalue weighted by molar-refractivity contribution is 0.464. The van der Waals surface area contributed by atoms with E-state index in [1.807, 2.05) is 54.6 Å². The van der Waals surface area contributed by atoms with Crippen molar-refractivity contribution in [3.8, 4) is 34.3 Å². The minimum absolute atomic E-state index is 0.0354. The predicted molar refractivity (Wildman–Crippen MR) is 135 cm³/mol. The van der Waals surface area contributed by atoms with Crippen molar-refractivity contribution < 1.29 is 13.9 Å².